The van der Waals surface area contributed by atoms with E-state index in [1.807, 2.05) is 17.7 Å². The van der Waals surface area contributed by atoms with Crippen molar-refractivity contribution in [2.45, 2.75) is 39.7 Å². The fourth-order valence-electron chi connectivity index (χ4n) is 1.57. The maximum atomic E-state index is 11.8. The number of aromatic nitrogens is 2. The van der Waals surface area contributed by atoms with Crippen LogP contribution in [0.1, 0.15) is 43.7 Å². The Kier molecular flexibility index (Phi) is 5.78. The molecule has 0 aliphatic rings. The molecule has 0 saturated heterocycles. The van der Waals surface area contributed by atoms with E-state index in [9.17, 15) is 4.79 Å². The lowest BCUT2D eigenvalue weighted by Crippen LogP contribution is -2.11. The molecule has 0 spiro atoms. The van der Waals surface area contributed by atoms with E-state index >= 15 is 0 Å². The molecule has 0 aliphatic carbocycles. The van der Waals surface area contributed by atoms with Crippen LogP contribution in [0.4, 0.5) is 0 Å². The lowest BCUT2D eigenvalue weighted by atomic mass is 10.2. The number of ketones is 1. The minimum atomic E-state index is 0.109. The SMILES string of the molecule is CCCn1ccnc1C(=O)CCCOCC. The molecule has 0 aromatic carbocycles. The van der Waals surface area contributed by atoms with Crippen LogP contribution in [0.2, 0.25) is 0 Å². The molecule has 1 aromatic rings. The minimum absolute atomic E-state index is 0.109. The van der Waals surface area contributed by atoms with Crippen molar-refractivity contribution in [2.24, 2.45) is 0 Å². The lowest BCUT2D eigenvalue weighted by Gasteiger charge is -2.05. The highest BCUT2D eigenvalue weighted by Gasteiger charge is 2.11. The zero-order valence-electron chi connectivity index (χ0n) is 10.1. The van der Waals surface area contributed by atoms with Crippen LogP contribution in [0.3, 0.4) is 0 Å². The number of imidazole rings is 1. The Morgan fingerprint density at radius 2 is 2.31 bits per heavy atom. The molecule has 0 aliphatic heterocycles. The van der Waals surface area contributed by atoms with Crippen LogP contribution in [0.5, 0.6) is 0 Å². The first kappa shape index (κ1) is 12.9. The lowest BCUT2D eigenvalue weighted by molar-refractivity contribution is 0.0933. The molecule has 16 heavy (non-hydrogen) atoms. The van der Waals surface area contributed by atoms with E-state index in [4.69, 9.17) is 4.74 Å². The molecule has 0 amide bonds. The van der Waals surface area contributed by atoms with Crippen LogP contribution in [0.15, 0.2) is 12.4 Å². The van der Waals surface area contributed by atoms with E-state index < -0.39 is 0 Å². The highest BCUT2D eigenvalue weighted by molar-refractivity contribution is 5.92. The van der Waals surface area contributed by atoms with E-state index in [0.717, 1.165) is 19.4 Å². The van der Waals surface area contributed by atoms with Crippen LogP contribution in [0.25, 0.3) is 0 Å². The van der Waals surface area contributed by atoms with E-state index in [-0.39, 0.29) is 5.78 Å². The molecule has 0 bridgehead atoms. The summed E-state index contributed by atoms with van der Waals surface area (Å²) in [6.45, 7) is 6.25. The third-order valence-corrected chi connectivity index (χ3v) is 2.33. The first-order chi connectivity index (χ1) is 7.79. The molecule has 1 rings (SSSR count). The van der Waals surface area contributed by atoms with Crippen molar-refractivity contribution in [1.82, 2.24) is 9.55 Å². The molecule has 1 aromatic heterocycles. The Bertz CT molecular complexity index is 321. The molecular formula is C12H20N2O2. The number of rotatable bonds is 8. The number of aryl methyl sites for hydroxylation is 1. The van der Waals surface area contributed by atoms with Crippen molar-refractivity contribution in [2.75, 3.05) is 13.2 Å². The summed E-state index contributed by atoms with van der Waals surface area (Å²) in [4.78, 5) is 15.9. The first-order valence-electron chi connectivity index (χ1n) is 5.91. The summed E-state index contributed by atoms with van der Waals surface area (Å²) in [5, 5.41) is 0. The molecule has 0 atom stereocenters. The summed E-state index contributed by atoms with van der Waals surface area (Å²) in [7, 11) is 0. The van der Waals surface area contributed by atoms with Gasteiger partial charge in [-0.15, -0.1) is 0 Å². The van der Waals surface area contributed by atoms with Gasteiger partial charge in [0, 0.05) is 38.6 Å². The average molecular weight is 224 g/mol. The van der Waals surface area contributed by atoms with Gasteiger partial charge in [0.25, 0.3) is 0 Å². The van der Waals surface area contributed by atoms with Crippen molar-refractivity contribution in [3.8, 4) is 0 Å². The second-order valence-electron chi connectivity index (χ2n) is 3.67. The number of carbonyl (C=O) groups excluding carboxylic acids is 1. The average Bonchev–Trinajstić information content (AvgIpc) is 2.73. The summed E-state index contributed by atoms with van der Waals surface area (Å²) in [6.07, 6.45) is 5.84. The van der Waals surface area contributed by atoms with Gasteiger partial charge in [-0.1, -0.05) is 6.92 Å². The van der Waals surface area contributed by atoms with E-state index in [0.29, 0.717) is 25.5 Å². The number of carbonyl (C=O) groups is 1. The second kappa shape index (κ2) is 7.17. The quantitative estimate of drug-likeness (QED) is 0.502. The number of ether oxygens (including phenoxy) is 1. The summed E-state index contributed by atoms with van der Waals surface area (Å²) in [5.41, 5.74) is 0. The fourth-order valence-corrected chi connectivity index (χ4v) is 1.57. The third kappa shape index (κ3) is 3.77. The van der Waals surface area contributed by atoms with Crippen molar-refractivity contribution in [1.29, 1.82) is 0 Å². The van der Waals surface area contributed by atoms with E-state index in [1.165, 1.54) is 0 Å². The van der Waals surface area contributed by atoms with Crippen LogP contribution in [-0.2, 0) is 11.3 Å². The maximum absolute atomic E-state index is 11.8. The standard InChI is InChI=1S/C12H20N2O2/c1-3-8-14-9-7-13-12(14)11(15)6-5-10-16-4-2/h7,9H,3-6,8,10H2,1-2H3. The van der Waals surface area contributed by atoms with Crippen molar-refractivity contribution < 1.29 is 9.53 Å². The molecule has 1 heterocycles. The van der Waals surface area contributed by atoms with Crippen LogP contribution in [-0.4, -0.2) is 28.5 Å². The fraction of sp³-hybridized carbons (Fsp3) is 0.667. The molecule has 0 unspecified atom stereocenters. The van der Waals surface area contributed by atoms with Gasteiger partial charge in [0.2, 0.25) is 0 Å². The van der Waals surface area contributed by atoms with Crippen LogP contribution >= 0.6 is 0 Å². The molecular weight excluding hydrogens is 204 g/mol. The summed E-state index contributed by atoms with van der Waals surface area (Å²) in [5.74, 6) is 0.691. The van der Waals surface area contributed by atoms with E-state index in [1.54, 1.807) is 6.20 Å². The van der Waals surface area contributed by atoms with Gasteiger partial charge < -0.3 is 9.30 Å². The Labute approximate surface area is 96.6 Å². The molecule has 0 saturated carbocycles. The van der Waals surface area contributed by atoms with Crippen molar-refractivity contribution >= 4 is 5.78 Å². The zero-order chi connectivity index (χ0) is 11.8. The predicted octanol–water partition coefficient (Wildman–Crippen LogP) is 2.29. The largest absolute Gasteiger partial charge is 0.382 e. The van der Waals surface area contributed by atoms with Gasteiger partial charge in [-0.2, -0.15) is 0 Å². The number of hydrogen-bond acceptors (Lipinski definition) is 3. The minimum Gasteiger partial charge on any atom is -0.382 e. The second-order valence-corrected chi connectivity index (χ2v) is 3.67. The van der Waals surface area contributed by atoms with Gasteiger partial charge in [-0.3, -0.25) is 4.79 Å². The maximum Gasteiger partial charge on any atom is 0.198 e. The zero-order valence-corrected chi connectivity index (χ0v) is 10.1. The molecule has 0 fully saturated rings. The number of hydrogen-bond donors (Lipinski definition) is 0. The van der Waals surface area contributed by atoms with Gasteiger partial charge in [0.15, 0.2) is 11.6 Å². The summed E-state index contributed by atoms with van der Waals surface area (Å²) in [6, 6.07) is 0. The van der Waals surface area contributed by atoms with Crippen molar-refractivity contribution in [3.63, 3.8) is 0 Å². The van der Waals surface area contributed by atoms with Crippen molar-refractivity contribution in [3.05, 3.63) is 18.2 Å². The molecule has 90 valence electrons. The Balaban J connectivity index is 2.42. The normalized spacial score (nSPS) is 10.6. The summed E-state index contributed by atoms with van der Waals surface area (Å²) >= 11 is 0. The monoisotopic (exact) mass is 224 g/mol. The topological polar surface area (TPSA) is 44.1 Å². The van der Waals surface area contributed by atoms with Gasteiger partial charge >= 0.3 is 0 Å². The third-order valence-electron chi connectivity index (χ3n) is 2.33. The van der Waals surface area contributed by atoms with Gasteiger partial charge in [-0.25, -0.2) is 4.98 Å². The highest BCUT2D eigenvalue weighted by atomic mass is 16.5. The van der Waals surface area contributed by atoms with Crippen LogP contribution in [0, 0.1) is 0 Å². The molecule has 4 heteroatoms. The smallest absolute Gasteiger partial charge is 0.198 e. The highest BCUT2D eigenvalue weighted by Crippen LogP contribution is 2.05. The van der Waals surface area contributed by atoms with Gasteiger partial charge in [-0.05, 0) is 19.8 Å². The number of nitrogens with zero attached hydrogens (tertiary/aromatic N) is 2. The Morgan fingerprint density at radius 3 is 3.00 bits per heavy atom. The van der Waals surface area contributed by atoms with Gasteiger partial charge in [0.05, 0.1) is 0 Å². The Morgan fingerprint density at radius 1 is 1.50 bits per heavy atom. The molecule has 4 nitrogen and oxygen atoms in total. The predicted molar refractivity (Wildman–Crippen MR) is 62.6 cm³/mol. The van der Waals surface area contributed by atoms with Gasteiger partial charge in [0.1, 0.15) is 0 Å². The summed E-state index contributed by atoms with van der Waals surface area (Å²) < 4.78 is 7.12. The van der Waals surface area contributed by atoms with Crippen LogP contribution < -0.4 is 0 Å². The Hall–Kier alpha value is -1.16. The first-order valence-corrected chi connectivity index (χ1v) is 5.91. The molecule has 0 N–H and O–H groups in total. The van der Waals surface area contributed by atoms with E-state index in [2.05, 4.69) is 11.9 Å². The number of Topliss-reactive ketones (excluding diaryl/α,β-unsaturated/α-hetero) is 1. The molecule has 0 radical (unpaired) electrons.